The topological polar surface area (TPSA) is 9.23 Å². The first-order chi connectivity index (χ1) is 7.90. The number of fused-ring (bicyclic) bond motifs is 1. The number of hydrogen-bond acceptors (Lipinski definition) is 2. The van der Waals surface area contributed by atoms with E-state index in [0.717, 1.165) is 11.5 Å². The maximum Gasteiger partial charge on any atom is 0.120 e. The molecule has 0 radical (unpaired) electrons. The van der Waals surface area contributed by atoms with E-state index in [1.54, 1.807) is 0 Å². The molecule has 0 aliphatic carbocycles. The SMILES string of the molecule is SCC=CCOc1ccc2ccccc2c1. The first-order valence-corrected chi connectivity index (χ1v) is 5.91. The lowest BCUT2D eigenvalue weighted by atomic mass is 10.1. The highest BCUT2D eigenvalue weighted by atomic mass is 32.1. The van der Waals surface area contributed by atoms with Crippen molar-refractivity contribution in [3.05, 3.63) is 54.6 Å². The van der Waals surface area contributed by atoms with Crippen LogP contribution in [0.3, 0.4) is 0 Å². The summed E-state index contributed by atoms with van der Waals surface area (Å²) in [5.74, 6) is 1.66. The summed E-state index contributed by atoms with van der Waals surface area (Å²) in [6.45, 7) is 0.596. The van der Waals surface area contributed by atoms with E-state index >= 15 is 0 Å². The molecule has 0 fully saturated rings. The average molecular weight is 230 g/mol. The number of hydrogen-bond donors (Lipinski definition) is 1. The van der Waals surface area contributed by atoms with Crippen LogP contribution in [0.15, 0.2) is 54.6 Å². The maximum atomic E-state index is 5.60. The number of thiol groups is 1. The second-order valence-corrected chi connectivity index (χ2v) is 3.84. The Bertz CT molecular complexity index is 491. The van der Waals surface area contributed by atoms with Crippen molar-refractivity contribution in [1.29, 1.82) is 0 Å². The van der Waals surface area contributed by atoms with Gasteiger partial charge in [0.15, 0.2) is 0 Å². The Morgan fingerprint density at radius 1 is 1.00 bits per heavy atom. The van der Waals surface area contributed by atoms with E-state index in [0.29, 0.717) is 6.61 Å². The van der Waals surface area contributed by atoms with Crippen LogP contribution in [0, 0.1) is 0 Å². The molecular weight excluding hydrogens is 216 g/mol. The molecule has 0 amide bonds. The summed E-state index contributed by atoms with van der Waals surface area (Å²) < 4.78 is 5.60. The summed E-state index contributed by atoms with van der Waals surface area (Å²) in [7, 11) is 0. The Hall–Kier alpha value is -1.41. The minimum atomic E-state index is 0.596. The molecule has 2 aromatic rings. The van der Waals surface area contributed by atoms with Gasteiger partial charge in [-0.25, -0.2) is 0 Å². The second kappa shape index (κ2) is 5.61. The van der Waals surface area contributed by atoms with E-state index in [1.165, 1.54) is 10.8 Å². The molecule has 2 aromatic carbocycles. The van der Waals surface area contributed by atoms with Crippen LogP contribution in [0.4, 0.5) is 0 Å². The van der Waals surface area contributed by atoms with Gasteiger partial charge in [-0.2, -0.15) is 12.6 Å². The van der Waals surface area contributed by atoms with Crippen molar-refractivity contribution in [2.75, 3.05) is 12.4 Å². The summed E-state index contributed by atoms with van der Waals surface area (Å²) in [4.78, 5) is 0. The van der Waals surface area contributed by atoms with Crippen LogP contribution in [0.5, 0.6) is 5.75 Å². The fourth-order valence-corrected chi connectivity index (χ4v) is 1.69. The van der Waals surface area contributed by atoms with Gasteiger partial charge in [-0.3, -0.25) is 0 Å². The highest BCUT2D eigenvalue weighted by Crippen LogP contribution is 2.20. The first-order valence-electron chi connectivity index (χ1n) is 5.27. The second-order valence-electron chi connectivity index (χ2n) is 3.47. The third kappa shape index (κ3) is 2.80. The van der Waals surface area contributed by atoms with Crippen molar-refractivity contribution in [1.82, 2.24) is 0 Å². The van der Waals surface area contributed by atoms with Crippen molar-refractivity contribution < 1.29 is 4.74 Å². The fraction of sp³-hybridized carbons (Fsp3) is 0.143. The Morgan fingerprint density at radius 2 is 1.81 bits per heavy atom. The van der Waals surface area contributed by atoms with E-state index < -0.39 is 0 Å². The number of rotatable bonds is 4. The molecule has 2 heteroatoms. The molecule has 1 nitrogen and oxygen atoms in total. The van der Waals surface area contributed by atoms with Crippen LogP contribution in [0.2, 0.25) is 0 Å². The predicted octanol–water partition coefficient (Wildman–Crippen LogP) is 3.70. The Kier molecular flexibility index (Phi) is 3.89. The molecule has 0 saturated carbocycles. The normalized spacial score (nSPS) is 11.1. The van der Waals surface area contributed by atoms with Gasteiger partial charge in [0.25, 0.3) is 0 Å². The van der Waals surface area contributed by atoms with E-state index in [9.17, 15) is 0 Å². The lowest BCUT2D eigenvalue weighted by Gasteiger charge is -2.04. The molecule has 0 aliphatic heterocycles. The largest absolute Gasteiger partial charge is 0.490 e. The number of ether oxygens (including phenoxy) is 1. The fourth-order valence-electron chi connectivity index (χ4n) is 1.54. The van der Waals surface area contributed by atoms with Crippen molar-refractivity contribution in [2.45, 2.75) is 0 Å². The van der Waals surface area contributed by atoms with Gasteiger partial charge in [-0.05, 0) is 22.9 Å². The van der Waals surface area contributed by atoms with Gasteiger partial charge in [-0.1, -0.05) is 42.5 Å². The monoisotopic (exact) mass is 230 g/mol. The van der Waals surface area contributed by atoms with Gasteiger partial charge in [0, 0.05) is 5.75 Å². The molecule has 0 atom stereocenters. The van der Waals surface area contributed by atoms with Crippen molar-refractivity contribution >= 4 is 23.4 Å². The Balaban J connectivity index is 2.10. The summed E-state index contributed by atoms with van der Waals surface area (Å²) >= 11 is 4.09. The van der Waals surface area contributed by atoms with E-state index in [-0.39, 0.29) is 0 Å². The lowest BCUT2D eigenvalue weighted by molar-refractivity contribution is 0.363. The lowest BCUT2D eigenvalue weighted by Crippen LogP contribution is -1.93. The van der Waals surface area contributed by atoms with Crippen LogP contribution >= 0.6 is 12.6 Å². The third-order valence-electron chi connectivity index (χ3n) is 2.34. The van der Waals surface area contributed by atoms with Crippen molar-refractivity contribution in [2.24, 2.45) is 0 Å². The predicted molar refractivity (Wildman–Crippen MR) is 72.4 cm³/mol. The molecule has 0 N–H and O–H groups in total. The highest BCUT2D eigenvalue weighted by Gasteiger charge is 1.95. The summed E-state index contributed by atoms with van der Waals surface area (Å²) in [6.07, 6.45) is 3.95. The van der Waals surface area contributed by atoms with Crippen LogP contribution in [0.25, 0.3) is 10.8 Å². The molecule has 0 aliphatic rings. The van der Waals surface area contributed by atoms with Crippen LogP contribution < -0.4 is 4.74 Å². The quantitative estimate of drug-likeness (QED) is 0.622. The number of benzene rings is 2. The van der Waals surface area contributed by atoms with Crippen LogP contribution in [-0.2, 0) is 0 Å². The zero-order chi connectivity index (χ0) is 11.2. The molecule has 0 bridgehead atoms. The minimum Gasteiger partial charge on any atom is -0.490 e. The Labute approximate surface area is 101 Å². The maximum absolute atomic E-state index is 5.60. The standard InChI is InChI=1S/C14H14OS/c16-10-4-3-9-15-14-8-7-12-5-1-2-6-13(12)11-14/h1-8,11,16H,9-10H2. The zero-order valence-corrected chi connectivity index (χ0v) is 9.86. The van der Waals surface area contributed by atoms with Gasteiger partial charge in [0.05, 0.1) is 0 Å². The summed E-state index contributed by atoms with van der Waals surface area (Å²) in [5.41, 5.74) is 0. The molecule has 0 heterocycles. The summed E-state index contributed by atoms with van der Waals surface area (Å²) in [5, 5.41) is 2.44. The van der Waals surface area contributed by atoms with Gasteiger partial charge < -0.3 is 4.74 Å². The molecule has 0 aromatic heterocycles. The minimum absolute atomic E-state index is 0.596. The van der Waals surface area contributed by atoms with Gasteiger partial charge >= 0.3 is 0 Å². The molecule has 0 saturated heterocycles. The van der Waals surface area contributed by atoms with Gasteiger partial charge in [0.1, 0.15) is 12.4 Å². The van der Waals surface area contributed by atoms with E-state index in [4.69, 9.17) is 4.74 Å². The summed E-state index contributed by atoms with van der Waals surface area (Å²) in [6, 6.07) is 14.4. The molecule has 0 unspecified atom stereocenters. The molecule has 16 heavy (non-hydrogen) atoms. The van der Waals surface area contributed by atoms with Crippen LogP contribution in [-0.4, -0.2) is 12.4 Å². The average Bonchev–Trinajstić information content (AvgIpc) is 2.34. The smallest absolute Gasteiger partial charge is 0.120 e. The van der Waals surface area contributed by atoms with Crippen molar-refractivity contribution in [3.63, 3.8) is 0 Å². The zero-order valence-electron chi connectivity index (χ0n) is 8.97. The van der Waals surface area contributed by atoms with E-state index in [2.05, 4.69) is 36.9 Å². The highest BCUT2D eigenvalue weighted by molar-refractivity contribution is 7.80. The van der Waals surface area contributed by atoms with E-state index in [1.807, 2.05) is 30.4 Å². The van der Waals surface area contributed by atoms with Gasteiger partial charge in [0.2, 0.25) is 0 Å². The van der Waals surface area contributed by atoms with Gasteiger partial charge in [-0.15, -0.1) is 0 Å². The van der Waals surface area contributed by atoms with Crippen LogP contribution in [0.1, 0.15) is 0 Å². The third-order valence-corrected chi connectivity index (χ3v) is 2.55. The molecule has 2 rings (SSSR count). The molecule has 82 valence electrons. The molecular formula is C14H14OS. The molecule has 0 spiro atoms. The van der Waals surface area contributed by atoms with Crippen molar-refractivity contribution in [3.8, 4) is 5.75 Å². The first kappa shape index (κ1) is 11.1. The Morgan fingerprint density at radius 3 is 2.62 bits per heavy atom.